The van der Waals surface area contributed by atoms with Crippen molar-refractivity contribution < 1.29 is 19.4 Å². The molecule has 0 saturated carbocycles. The molecule has 1 amide bonds. The minimum absolute atomic E-state index is 0.115. The van der Waals surface area contributed by atoms with Gasteiger partial charge in [-0.1, -0.05) is 0 Å². The summed E-state index contributed by atoms with van der Waals surface area (Å²) in [6.45, 7) is 0. The molecule has 0 aromatic heterocycles. The Morgan fingerprint density at radius 2 is 2.40 bits per heavy atom. The molecule has 0 aliphatic carbocycles. The number of hydrogen-bond acceptors (Lipinski definition) is 4. The Hall–Kier alpha value is -1.10. The molecule has 10 heavy (non-hydrogen) atoms. The third-order valence-electron chi connectivity index (χ3n) is 1.35. The van der Waals surface area contributed by atoms with E-state index < -0.39 is 24.1 Å². The predicted octanol–water partition coefficient (Wildman–Crippen LogP) is -1.65. The standard InChI is InChI=1S/C5H7NO4/c6-4(8)2-1-3(7)10-5(2)9/h2,5,9H,1H2,(H2,6,8). The lowest BCUT2D eigenvalue weighted by Crippen LogP contribution is -2.29. The summed E-state index contributed by atoms with van der Waals surface area (Å²) in [4.78, 5) is 20.8. The van der Waals surface area contributed by atoms with E-state index >= 15 is 0 Å². The van der Waals surface area contributed by atoms with Crippen LogP contribution in [0.15, 0.2) is 0 Å². The number of amides is 1. The average Bonchev–Trinajstić information content (AvgIpc) is 2.10. The number of primary amides is 1. The Labute approximate surface area is 56.8 Å². The van der Waals surface area contributed by atoms with Crippen LogP contribution in [0, 0.1) is 5.92 Å². The van der Waals surface area contributed by atoms with Crippen molar-refractivity contribution in [3.05, 3.63) is 0 Å². The number of esters is 1. The number of carbonyl (C=O) groups is 2. The lowest BCUT2D eigenvalue weighted by atomic mass is 10.1. The molecule has 1 rings (SSSR count). The van der Waals surface area contributed by atoms with Gasteiger partial charge >= 0.3 is 5.97 Å². The normalized spacial score (nSPS) is 31.9. The molecule has 3 N–H and O–H groups in total. The molecule has 0 aromatic carbocycles. The highest BCUT2D eigenvalue weighted by molar-refractivity contribution is 5.85. The van der Waals surface area contributed by atoms with Crippen LogP contribution in [0.4, 0.5) is 0 Å². The van der Waals surface area contributed by atoms with E-state index in [2.05, 4.69) is 4.74 Å². The molecule has 1 fully saturated rings. The van der Waals surface area contributed by atoms with Gasteiger partial charge in [0.05, 0.1) is 6.42 Å². The van der Waals surface area contributed by atoms with E-state index in [1.54, 1.807) is 0 Å². The molecule has 1 aliphatic rings. The quantitative estimate of drug-likeness (QED) is 0.433. The smallest absolute Gasteiger partial charge is 0.309 e. The number of carbonyl (C=O) groups excluding carboxylic acids is 2. The van der Waals surface area contributed by atoms with E-state index in [0.29, 0.717) is 0 Å². The van der Waals surface area contributed by atoms with Crippen molar-refractivity contribution in [2.75, 3.05) is 0 Å². The zero-order valence-corrected chi connectivity index (χ0v) is 5.11. The fourth-order valence-corrected chi connectivity index (χ4v) is 0.786. The summed E-state index contributed by atoms with van der Waals surface area (Å²) >= 11 is 0. The molecule has 2 atom stereocenters. The Bertz CT molecular complexity index is 178. The Morgan fingerprint density at radius 3 is 2.60 bits per heavy atom. The van der Waals surface area contributed by atoms with Crippen LogP contribution in [0.5, 0.6) is 0 Å². The average molecular weight is 145 g/mol. The van der Waals surface area contributed by atoms with Crippen LogP contribution in [-0.4, -0.2) is 23.3 Å². The van der Waals surface area contributed by atoms with Crippen molar-refractivity contribution in [3.8, 4) is 0 Å². The highest BCUT2D eigenvalue weighted by Crippen LogP contribution is 2.18. The predicted molar refractivity (Wildman–Crippen MR) is 29.4 cm³/mol. The van der Waals surface area contributed by atoms with E-state index in [-0.39, 0.29) is 6.42 Å². The van der Waals surface area contributed by atoms with Crippen LogP contribution >= 0.6 is 0 Å². The lowest BCUT2D eigenvalue weighted by molar-refractivity contribution is -0.157. The first-order valence-electron chi connectivity index (χ1n) is 2.78. The van der Waals surface area contributed by atoms with Gasteiger partial charge in [-0.05, 0) is 0 Å². The summed E-state index contributed by atoms with van der Waals surface area (Å²) < 4.78 is 4.25. The van der Waals surface area contributed by atoms with Crippen LogP contribution in [-0.2, 0) is 14.3 Å². The minimum atomic E-state index is -1.34. The fraction of sp³-hybridized carbons (Fsp3) is 0.600. The molecule has 0 spiro atoms. The van der Waals surface area contributed by atoms with Gasteiger partial charge < -0.3 is 15.6 Å². The number of nitrogens with two attached hydrogens (primary N) is 1. The molecular weight excluding hydrogens is 138 g/mol. The first-order valence-corrected chi connectivity index (χ1v) is 2.78. The zero-order valence-electron chi connectivity index (χ0n) is 5.11. The summed E-state index contributed by atoms with van der Waals surface area (Å²) in [6, 6.07) is 0. The van der Waals surface area contributed by atoms with Crippen LogP contribution < -0.4 is 5.73 Å². The molecule has 56 valence electrons. The molecular formula is C5H7NO4. The summed E-state index contributed by atoms with van der Waals surface area (Å²) in [5.41, 5.74) is 4.82. The fourth-order valence-electron chi connectivity index (χ4n) is 0.786. The molecule has 2 unspecified atom stereocenters. The van der Waals surface area contributed by atoms with E-state index in [9.17, 15) is 9.59 Å². The number of ether oxygens (including phenoxy) is 1. The topological polar surface area (TPSA) is 89.6 Å². The van der Waals surface area contributed by atoms with Crippen molar-refractivity contribution in [2.24, 2.45) is 11.7 Å². The third-order valence-corrected chi connectivity index (χ3v) is 1.35. The molecule has 5 nitrogen and oxygen atoms in total. The van der Waals surface area contributed by atoms with Gasteiger partial charge in [-0.15, -0.1) is 0 Å². The Morgan fingerprint density at radius 1 is 1.80 bits per heavy atom. The van der Waals surface area contributed by atoms with Gasteiger partial charge in [0.15, 0.2) is 0 Å². The second kappa shape index (κ2) is 2.26. The first kappa shape index (κ1) is 7.01. The highest BCUT2D eigenvalue weighted by Gasteiger charge is 2.37. The van der Waals surface area contributed by atoms with Gasteiger partial charge in [0, 0.05) is 0 Å². The number of rotatable bonds is 1. The summed E-state index contributed by atoms with van der Waals surface area (Å²) in [7, 11) is 0. The summed E-state index contributed by atoms with van der Waals surface area (Å²) in [5, 5.41) is 8.79. The number of aliphatic hydroxyl groups excluding tert-OH is 1. The maximum Gasteiger partial charge on any atom is 0.309 e. The maximum atomic E-state index is 10.4. The van der Waals surface area contributed by atoms with E-state index in [1.165, 1.54) is 0 Å². The van der Waals surface area contributed by atoms with Crippen molar-refractivity contribution in [2.45, 2.75) is 12.7 Å². The molecule has 0 bridgehead atoms. The van der Waals surface area contributed by atoms with Crippen molar-refractivity contribution in [3.63, 3.8) is 0 Å². The Balaban J connectivity index is 2.63. The van der Waals surface area contributed by atoms with Gasteiger partial charge in [-0.2, -0.15) is 0 Å². The van der Waals surface area contributed by atoms with Crippen molar-refractivity contribution in [1.29, 1.82) is 0 Å². The van der Waals surface area contributed by atoms with Crippen LogP contribution in [0.1, 0.15) is 6.42 Å². The summed E-state index contributed by atoms with van der Waals surface area (Å²) in [5.74, 6) is -2.16. The number of cyclic esters (lactones) is 1. The maximum absolute atomic E-state index is 10.4. The second-order valence-electron chi connectivity index (χ2n) is 2.09. The molecule has 5 heteroatoms. The first-order chi connectivity index (χ1) is 4.61. The number of aliphatic hydroxyl groups is 1. The van der Waals surface area contributed by atoms with Crippen LogP contribution in [0.25, 0.3) is 0 Å². The van der Waals surface area contributed by atoms with Crippen LogP contribution in [0.3, 0.4) is 0 Å². The van der Waals surface area contributed by atoms with E-state index in [0.717, 1.165) is 0 Å². The second-order valence-corrected chi connectivity index (χ2v) is 2.09. The molecule has 0 aromatic rings. The van der Waals surface area contributed by atoms with Gasteiger partial charge in [-0.3, -0.25) is 9.59 Å². The largest absolute Gasteiger partial charge is 0.435 e. The molecule has 1 heterocycles. The Kier molecular flexibility index (Phi) is 1.58. The van der Waals surface area contributed by atoms with Crippen molar-refractivity contribution >= 4 is 11.9 Å². The SMILES string of the molecule is NC(=O)C1CC(=O)OC1O. The van der Waals surface area contributed by atoms with Crippen molar-refractivity contribution in [1.82, 2.24) is 0 Å². The molecule has 1 saturated heterocycles. The van der Waals surface area contributed by atoms with Gasteiger partial charge in [0.2, 0.25) is 12.2 Å². The molecule has 1 aliphatic heterocycles. The monoisotopic (exact) mass is 145 g/mol. The van der Waals surface area contributed by atoms with Crippen LogP contribution in [0.2, 0.25) is 0 Å². The molecule has 0 radical (unpaired) electrons. The minimum Gasteiger partial charge on any atom is -0.435 e. The summed E-state index contributed by atoms with van der Waals surface area (Å²) in [6.07, 6.45) is -1.46. The third kappa shape index (κ3) is 1.08. The van der Waals surface area contributed by atoms with Gasteiger partial charge in [0.25, 0.3) is 0 Å². The van der Waals surface area contributed by atoms with E-state index in [4.69, 9.17) is 10.8 Å². The lowest BCUT2D eigenvalue weighted by Gasteiger charge is -2.05. The van der Waals surface area contributed by atoms with Gasteiger partial charge in [-0.25, -0.2) is 0 Å². The zero-order chi connectivity index (χ0) is 7.72. The number of hydrogen-bond donors (Lipinski definition) is 2. The van der Waals surface area contributed by atoms with Gasteiger partial charge in [0.1, 0.15) is 5.92 Å². The highest BCUT2D eigenvalue weighted by atomic mass is 16.6. The van der Waals surface area contributed by atoms with E-state index in [1.807, 2.05) is 0 Å².